The van der Waals surface area contributed by atoms with Crippen LogP contribution in [0.3, 0.4) is 0 Å². The van der Waals surface area contributed by atoms with E-state index >= 15 is 0 Å². The summed E-state index contributed by atoms with van der Waals surface area (Å²) >= 11 is 1.01. The van der Waals surface area contributed by atoms with E-state index in [1.54, 1.807) is 0 Å². The normalized spacial score (nSPS) is 16.1. The number of nitro benzene ring substituents is 1. The van der Waals surface area contributed by atoms with Gasteiger partial charge in [0.05, 0.1) is 33.0 Å². The standard InChI is InChI=1S/C22H12FN3O6S/c23-12-5-8-14-16(10-12)33-22(24-14)25-18(11-3-6-13(7-4-11)26(30)31)17(20(28)21(25)29)19(27)15-2-1-9-32-15/h1-10,18,28H. The lowest BCUT2D eigenvalue weighted by Gasteiger charge is -2.24. The number of hydrogen-bond acceptors (Lipinski definition) is 8. The Kier molecular flexibility index (Phi) is 4.75. The van der Waals surface area contributed by atoms with Gasteiger partial charge in [0.2, 0.25) is 5.78 Å². The van der Waals surface area contributed by atoms with Crippen LogP contribution in [0.1, 0.15) is 22.2 Å². The van der Waals surface area contributed by atoms with Crippen molar-refractivity contribution in [1.82, 2.24) is 4.98 Å². The van der Waals surface area contributed by atoms with Crippen LogP contribution in [-0.4, -0.2) is 26.7 Å². The fourth-order valence-electron chi connectivity index (χ4n) is 3.66. The number of anilines is 1. The predicted molar refractivity (Wildman–Crippen MR) is 116 cm³/mol. The van der Waals surface area contributed by atoms with E-state index < -0.39 is 34.2 Å². The first kappa shape index (κ1) is 20.5. The van der Waals surface area contributed by atoms with Crippen molar-refractivity contribution in [3.8, 4) is 0 Å². The Morgan fingerprint density at radius 1 is 1.21 bits per heavy atom. The Balaban J connectivity index is 1.67. The number of thiazole rings is 1. The number of rotatable bonds is 5. The molecule has 3 heterocycles. The van der Waals surface area contributed by atoms with Gasteiger partial charge < -0.3 is 9.52 Å². The van der Waals surface area contributed by atoms with E-state index in [2.05, 4.69) is 4.98 Å². The number of aliphatic hydroxyl groups is 1. The molecular weight excluding hydrogens is 453 g/mol. The molecular formula is C22H12FN3O6S. The number of amides is 1. The molecule has 0 saturated carbocycles. The zero-order valence-electron chi connectivity index (χ0n) is 16.5. The predicted octanol–water partition coefficient (Wildman–Crippen LogP) is 4.72. The van der Waals surface area contributed by atoms with E-state index in [-0.39, 0.29) is 22.2 Å². The van der Waals surface area contributed by atoms with Crippen LogP contribution >= 0.6 is 11.3 Å². The first-order valence-corrected chi connectivity index (χ1v) is 10.3. The minimum absolute atomic E-state index is 0.0931. The summed E-state index contributed by atoms with van der Waals surface area (Å²) < 4.78 is 19.3. The molecule has 1 aliphatic heterocycles. The van der Waals surface area contributed by atoms with Gasteiger partial charge in [-0.3, -0.25) is 24.6 Å². The summed E-state index contributed by atoms with van der Waals surface area (Å²) in [6, 6.07) is 10.9. The number of carbonyl (C=O) groups excluding carboxylic acids is 2. The van der Waals surface area contributed by atoms with Crippen LogP contribution in [0, 0.1) is 15.9 Å². The summed E-state index contributed by atoms with van der Waals surface area (Å²) in [4.78, 5) is 42.2. The molecule has 0 radical (unpaired) electrons. The number of halogens is 1. The number of nitrogens with zero attached hydrogens (tertiary/aromatic N) is 3. The molecule has 33 heavy (non-hydrogen) atoms. The first-order chi connectivity index (χ1) is 15.8. The highest BCUT2D eigenvalue weighted by atomic mass is 32.1. The molecule has 0 saturated heterocycles. The Bertz CT molecular complexity index is 1460. The SMILES string of the molecule is O=C(C1=C(O)C(=O)N(c2nc3ccc(F)cc3s2)C1c1ccc([N+](=O)[O-])cc1)c1ccco1. The van der Waals surface area contributed by atoms with Gasteiger partial charge in [0.25, 0.3) is 11.6 Å². The van der Waals surface area contributed by atoms with Crippen LogP contribution in [0.15, 0.2) is 76.6 Å². The van der Waals surface area contributed by atoms with Crippen LogP contribution in [0.4, 0.5) is 15.2 Å². The zero-order valence-corrected chi connectivity index (χ0v) is 17.3. The third kappa shape index (κ3) is 3.34. The minimum atomic E-state index is -1.14. The van der Waals surface area contributed by atoms with Gasteiger partial charge in [0, 0.05) is 12.1 Å². The Morgan fingerprint density at radius 2 is 1.97 bits per heavy atom. The molecule has 9 nitrogen and oxygen atoms in total. The van der Waals surface area contributed by atoms with Gasteiger partial charge in [-0.2, -0.15) is 0 Å². The number of Topliss-reactive ketones (excluding diaryl/α,β-unsaturated/α-hetero) is 1. The first-order valence-electron chi connectivity index (χ1n) is 9.50. The Labute approximate surface area is 188 Å². The van der Waals surface area contributed by atoms with Crippen molar-refractivity contribution in [2.45, 2.75) is 6.04 Å². The third-order valence-electron chi connectivity index (χ3n) is 5.16. The van der Waals surface area contributed by atoms with Crippen molar-refractivity contribution in [3.63, 3.8) is 0 Å². The summed E-state index contributed by atoms with van der Waals surface area (Å²) in [6.45, 7) is 0. The molecule has 0 bridgehead atoms. The van der Waals surface area contributed by atoms with Crippen LogP contribution in [0.5, 0.6) is 0 Å². The van der Waals surface area contributed by atoms with Crippen molar-refractivity contribution in [2.75, 3.05) is 4.90 Å². The largest absolute Gasteiger partial charge is 0.503 e. The number of fused-ring (bicyclic) bond motifs is 1. The molecule has 1 aliphatic rings. The molecule has 2 aromatic heterocycles. The fraction of sp³-hybridized carbons (Fsp3) is 0.0455. The number of carbonyl (C=O) groups is 2. The minimum Gasteiger partial charge on any atom is -0.503 e. The molecule has 0 spiro atoms. The average molecular weight is 465 g/mol. The fourth-order valence-corrected chi connectivity index (χ4v) is 4.68. The molecule has 164 valence electrons. The van der Waals surface area contributed by atoms with E-state index in [1.807, 2.05) is 0 Å². The highest BCUT2D eigenvalue weighted by Crippen LogP contribution is 2.44. The second-order valence-electron chi connectivity index (χ2n) is 7.10. The highest BCUT2D eigenvalue weighted by Gasteiger charge is 2.46. The number of benzene rings is 2. The van der Waals surface area contributed by atoms with Crippen LogP contribution in [0.25, 0.3) is 10.2 Å². The molecule has 1 amide bonds. The summed E-state index contributed by atoms with van der Waals surface area (Å²) in [7, 11) is 0. The monoisotopic (exact) mass is 465 g/mol. The molecule has 1 atom stereocenters. The van der Waals surface area contributed by atoms with E-state index in [0.717, 1.165) is 16.2 Å². The smallest absolute Gasteiger partial charge is 0.296 e. The van der Waals surface area contributed by atoms with Gasteiger partial charge in [0.15, 0.2) is 16.7 Å². The number of non-ortho nitro benzene ring substituents is 1. The summed E-state index contributed by atoms with van der Waals surface area (Å²) in [6.07, 6.45) is 1.28. The van der Waals surface area contributed by atoms with Crippen LogP contribution in [0.2, 0.25) is 0 Å². The lowest BCUT2D eigenvalue weighted by molar-refractivity contribution is -0.384. The maximum absolute atomic E-state index is 13.7. The zero-order chi connectivity index (χ0) is 23.3. The van der Waals surface area contributed by atoms with Gasteiger partial charge in [0.1, 0.15) is 5.82 Å². The summed E-state index contributed by atoms with van der Waals surface area (Å²) in [5, 5.41) is 21.9. The van der Waals surface area contributed by atoms with Crippen molar-refractivity contribution in [3.05, 3.63) is 99.4 Å². The highest BCUT2D eigenvalue weighted by molar-refractivity contribution is 7.22. The third-order valence-corrected chi connectivity index (χ3v) is 6.18. The van der Waals surface area contributed by atoms with E-state index in [1.165, 1.54) is 60.9 Å². The van der Waals surface area contributed by atoms with Gasteiger partial charge in [-0.25, -0.2) is 9.37 Å². The Morgan fingerprint density at radius 3 is 2.64 bits per heavy atom. The molecule has 2 aromatic carbocycles. The topological polar surface area (TPSA) is 127 Å². The number of nitro groups is 1. The second kappa shape index (κ2) is 7.64. The van der Waals surface area contributed by atoms with Crippen molar-refractivity contribution in [2.24, 2.45) is 0 Å². The molecule has 5 rings (SSSR count). The molecule has 4 aromatic rings. The summed E-state index contributed by atoms with van der Waals surface area (Å²) in [5.41, 5.74) is 0.321. The van der Waals surface area contributed by atoms with E-state index in [4.69, 9.17) is 4.42 Å². The van der Waals surface area contributed by atoms with Crippen molar-refractivity contribution < 1.29 is 28.4 Å². The number of furan rings is 1. The summed E-state index contributed by atoms with van der Waals surface area (Å²) in [5.74, 6) is -2.96. The number of hydrogen-bond donors (Lipinski definition) is 1. The Hall–Kier alpha value is -4.38. The number of aromatic nitrogens is 1. The number of aliphatic hydroxyl groups excluding tert-OH is 1. The van der Waals surface area contributed by atoms with Crippen molar-refractivity contribution >= 4 is 44.1 Å². The average Bonchev–Trinajstić information content (AvgIpc) is 3.52. The maximum Gasteiger partial charge on any atom is 0.296 e. The van der Waals surface area contributed by atoms with Crippen LogP contribution in [-0.2, 0) is 4.79 Å². The molecule has 11 heteroatoms. The molecule has 0 fully saturated rings. The van der Waals surface area contributed by atoms with E-state index in [0.29, 0.717) is 15.8 Å². The van der Waals surface area contributed by atoms with Crippen molar-refractivity contribution in [1.29, 1.82) is 0 Å². The van der Waals surface area contributed by atoms with Gasteiger partial charge in [-0.1, -0.05) is 11.3 Å². The molecule has 1 unspecified atom stereocenters. The maximum atomic E-state index is 13.7. The lowest BCUT2D eigenvalue weighted by Crippen LogP contribution is -2.30. The lowest BCUT2D eigenvalue weighted by atomic mass is 9.95. The van der Waals surface area contributed by atoms with Crippen LogP contribution < -0.4 is 4.90 Å². The molecule has 1 N–H and O–H groups in total. The van der Waals surface area contributed by atoms with Gasteiger partial charge in [-0.15, -0.1) is 0 Å². The van der Waals surface area contributed by atoms with Gasteiger partial charge in [-0.05, 0) is 48.0 Å². The van der Waals surface area contributed by atoms with Gasteiger partial charge >= 0.3 is 0 Å². The second-order valence-corrected chi connectivity index (χ2v) is 8.11. The quantitative estimate of drug-likeness (QED) is 0.257. The number of ketones is 1. The van der Waals surface area contributed by atoms with E-state index in [9.17, 15) is 29.2 Å². The molecule has 0 aliphatic carbocycles.